The SMILES string of the molecule is Cc1cccc(C2(C(=O)N(C)CCC(=O)O)CCC2)c1. The average molecular weight is 275 g/mol. The highest BCUT2D eigenvalue weighted by molar-refractivity contribution is 5.89. The summed E-state index contributed by atoms with van der Waals surface area (Å²) in [6.07, 6.45) is 2.75. The number of amides is 1. The van der Waals surface area contributed by atoms with Crippen molar-refractivity contribution in [3.63, 3.8) is 0 Å². The van der Waals surface area contributed by atoms with Crippen LogP contribution in [0.15, 0.2) is 24.3 Å². The predicted octanol–water partition coefficient (Wildman–Crippen LogP) is 2.35. The fraction of sp³-hybridized carbons (Fsp3) is 0.500. The molecule has 0 saturated heterocycles. The fourth-order valence-corrected chi connectivity index (χ4v) is 2.83. The molecule has 0 radical (unpaired) electrons. The normalized spacial score (nSPS) is 16.3. The molecule has 4 heteroatoms. The number of nitrogens with zero attached hydrogens (tertiary/aromatic N) is 1. The molecule has 4 nitrogen and oxygen atoms in total. The molecular weight excluding hydrogens is 254 g/mol. The van der Waals surface area contributed by atoms with Gasteiger partial charge in [-0.1, -0.05) is 36.2 Å². The van der Waals surface area contributed by atoms with Crippen molar-refractivity contribution in [2.24, 2.45) is 0 Å². The topological polar surface area (TPSA) is 57.6 Å². The minimum absolute atomic E-state index is 0.00780. The average Bonchev–Trinajstić information content (AvgIpc) is 2.34. The van der Waals surface area contributed by atoms with E-state index in [1.165, 1.54) is 0 Å². The van der Waals surface area contributed by atoms with E-state index < -0.39 is 11.4 Å². The largest absolute Gasteiger partial charge is 0.481 e. The maximum absolute atomic E-state index is 12.7. The summed E-state index contributed by atoms with van der Waals surface area (Å²) >= 11 is 0. The van der Waals surface area contributed by atoms with Crippen molar-refractivity contribution in [1.29, 1.82) is 0 Å². The van der Waals surface area contributed by atoms with Crippen molar-refractivity contribution in [2.75, 3.05) is 13.6 Å². The van der Waals surface area contributed by atoms with Crippen molar-refractivity contribution in [3.05, 3.63) is 35.4 Å². The maximum atomic E-state index is 12.7. The molecule has 2 rings (SSSR count). The molecule has 1 aliphatic rings. The van der Waals surface area contributed by atoms with Gasteiger partial charge in [-0.05, 0) is 25.3 Å². The van der Waals surface area contributed by atoms with Gasteiger partial charge in [0.25, 0.3) is 0 Å². The summed E-state index contributed by atoms with van der Waals surface area (Å²) in [6.45, 7) is 2.29. The molecule has 0 aromatic heterocycles. The second kappa shape index (κ2) is 5.65. The lowest BCUT2D eigenvalue weighted by Crippen LogP contribution is -2.50. The van der Waals surface area contributed by atoms with Crippen LogP contribution in [-0.2, 0) is 15.0 Å². The molecule has 1 saturated carbocycles. The maximum Gasteiger partial charge on any atom is 0.305 e. The number of benzene rings is 1. The number of carbonyl (C=O) groups excluding carboxylic acids is 1. The monoisotopic (exact) mass is 275 g/mol. The molecule has 1 N–H and O–H groups in total. The molecule has 0 heterocycles. The minimum atomic E-state index is -0.872. The summed E-state index contributed by atoms with van der Waals surface area (Å²) in [5, 5.41) is 8.73. The summed E-state index contributed by atoms with van der Waals surface area (Å²) in [6, 6.07) is 8.08. The second-order valence-corrected chi connectivity index (χ2v) is 5.68. The number of carbonyl (C=O) groups is 2. The van der Waals surface area contributed by atoms with E-state index >= 15 is 0 Å². The molecule has 108 valence electrons. The predicted molar refractivity (Wildman–Crippen MR) is 76.6 cm³/mol. The van der Waals surface area contributed by atoms with Crippen LogP contribution in [0.4, 0.5) is 0 Å². The fourth-order valence-electron chi connectivity index (χ4n) is 2.83. The molecule has 1 amide bonds. The molecule has 0 aliphatic heterocycles. The Morgan fingerprint density at radius 2 is 2.05 bits per heavy atom. The zero-order valence-electron chi connectivity index (χ0n) is 12.1. The summed E-state index contributed by atoms with van der Waals surface area (Å²) in [5.41, 5.74) is 1.78. The third-order valence-corrected chi connectivity index (χ3v) is 4.19. The van der Waals surface area contributed by atoms with Gasteiger partial charge in [-0.2, -0.15) is 0 Å². The van der Waals surface area contributed by atoms with Gasteiger partial charge in [0.2, 0.25) is 5.91 Å². The molecule has 0 bridgehead atoms. The first-order valence-corrected chi connectivity index (χ1v) is 7.00. The number of hydrogen-bond donors (Lipinski definition) is 1. The Labute approximate surface area is 119 Å². The number of rotatable bonds is 5. The molecule has 1 aromatic carbocycles. The highest BCUT2D eigenvalue weighted by Gasteiger charge is 2.46. The molecular formula is C16H21NO3. The highest BCUT2D eigenvalue weighted by Crippen LogP contribution is 2.45. The Morgan fingerprint density at radius 1 is 1.35 bits per heavy atom. The van der Waals surface area contributed by atoms with Gasteiger partial charge in [0.05, 0.1) is 11.8 Å². The number of aryl methyl sites for hydroxylation is 1. The van der Waals surface area contributed by atoms with Gasteiger partial charge >= 0.3 is 5.97 Å². The van der Waals surface area contributed by atoms with E-state index in [1.54, 1.807) is 11.9 Å². The van der Waals surface area contributed by atoms with E-state index in [9.17, 15) is 9.59 Å². The molecule has 1 aliphatic carbocycles. The summed E-state index contributed by atoms with van der Waals surface area (Å²) in [5.74, 6) is -0.821. The third kappa shape index (κ3) is 2.69. The molecule has 20 heavy (non-hydrogen) atoms. The Morgan fingerprint density at radius 3 is 2.55 bits per heavy atom. The first-order chi connectivity index (χ1) is 9.45. The number of aliphatic carboxylic acids is 1. The lowest BCUT2D eigenvalue weighted by Gasteiger charge is -2.43. The van der Waals surface area contributed by atoms with E-state index in [2.05, 4.69) is 6.07 Å². The van der Waals surface area contributed by atoms with Gasteiger partial charge < -0.3 is 10.0 Å². The lowest BCUT2D eigenvalue weighted by molar-refractivity contribution is -0.141. The van der Waals surface area contributed by atoms with Crippen LogP contribution in [0.5, 0.6) is 0 Å². The first kappa shape index (κ1) is 14.6. The van der Waals surface area contributed by atoms with Gasteiger partial charge in [-0.3, -0.25) is 9.59 Å². The Hall–Kier alpha value is -1.84. The van der Waals surface area contributed by atoms with Gasteiger partial charge in [0.15, 0.2) is 0 Å². The number of likely N-dealkylation sites (N-methyl/N-ethyl adjacent to an activating group) is 1. The zero-order chi connectivity index (χ0) is 14.8. The van der Waals surface area contributed by atoms with E-state index in [4.69, 9.17) is 5.11 Å². The summed E-state index contributed by atoms with van der Waals surface area (Å²) in [7, 11) is 1.70. The van der Waals surface area contributed by atoms with Crippen LogP contribution < -0.4 is 0 Å². The molecule has 1 aromatic rings. The van der Waals surface area contributed by atoms with Crippen molar-refractivity contribution in [2.45, 2.75) is 38.0 Å². The molecule has 0 atom stereocenters. The van der Waals surface area contributed by atoms with E-state index in [1.807, 2.05) is 25.1 Å². The van der Waals surface area contributed by atoms with Crippen molar-refractivity contribution < 1.29 is 14.7 Å². The van der Waals surface area contributed by atoms with Gasteiger partial charge in [-0.15, -0.1) is 0 Å². The van der Waals surface area contributed by atoms with Crippen LogP contribution in [0.2, 0.25) is 0 Å². The van der Waals surface area contributed by atoms with Crippen molar-refractivity contribution in [3.8, 4) is 0 Å². The van der Waals surface area contributed by atoms with Crippen LogP contribution in [0.3, 0.4) is 0 Å². The smallest absolute Gasteiger partial charge is 0.305 e. The molecule has 0 unspecified atom stereocenters. The zero-order valence-corrected chi connectivity index (χ0v) is 12.1. The van der Waals surface area contributed by atoms with Gasteiger partial charge in [0, 0.05) is 13.6 Å². The van der Waals surface area contributed by atoms with Gasteiger partial charge in [-0.25, -0.2) is 0 Å². The Balaban J connectivity index is 2.18. The van der Waals surface area contributed by atoms with Crippen molar-refractivity contribution >= 4 is 11.9 Å². The molecule has 1 fully saturated rings. The van der Waals surface area contributed by atoms with Crippen LogP contribution in [0, 0.1) is 6.92 Å². The molecule has 0 spiro atoms. The number of carboxylic acid groups (broad SMARTS) is 1. The summed E-state index contributed by atoms with van der Waals surface area (Å²) < 4.78 is 0. The van der Waals surface area contributed by atoms with E-state index in [0.29, 0.717) is 0 Å². The summed E-state index contributed by atoms with van der Waals surface area (Å²) in [4.78, 5) is 24.9. The van der Waals surface area contributed by atoms with Crippen LogP contribution in [0.1, 0.15) is 36.8 Å². The van der Waals surface area contributed by atoms with Crippen molar-refractivity contribution in [1.82, 2.24) is 4.90 Å². The number of carboxylic acids is 1. The van der Waals surface area contributed by atoms with E-state index in [-0.39, 0.29) is 18.9 Å². The third-order valence-electron chi connectivity index (χ3n) is 4.19. The lowest BCUT2D eigenvalue weighted by atomic mass is 9.63. The quantitative estimate of drug-likeness (QED) is 0.897. The van der Waals surface area contributed by atoms with Crippen LogP contribution >= 0.6 is 0 Å². The highest BCUT2D eigenvalue weighted by atomic mass is 16.4. The van der Waals surface area contributed by atoms with Crippen LogP contribution in [-0.4, -0.2) is 35.5 Å². The number of hydrogen-bond acceptors (Lipinski definition) is 2. The van der Waals surface area contributed by atoms with Crippen LogP contribution in [0.25, 0.3) is 0 Å². The Bertz CT molecular complexity index is 520. The second-order valence-electron chi connectivity index (χ2n) is 5.68. The van der Waals surface area contributed by atoms with E-state index in [0.717, 1.165) is 30.4 Å². The standard InChI is InChI=1S/C16H21NO3/c1-12-5-3-6-13(11-12)16(8-4-9-16)15(20)17(2)10-7-14(18)19/h3,5-6,11H,4,7-10H2,1-2H3,(H,18,19). The Kier molecular flexibility index (Phi) is 4.12. The first-order valence-electron chi connectivity index (χ1n) is 7.00. The van der Waals surface area contributed by atoms with Gasteiger partial charge in [0.1, 0.15) is 0 Å². The minimum Gasteiger partial charge on any atom is -0.481 e.